The van der Waals surface area contributed by atoms with Gasteiger partial charge >= 0.3 is 6.03 Å². The van der Waals surface area contributed by atoms with E-state index >= 15 is 0 Å². The maximum Gasteiger partial charge on any atom is 0.322 e. The monoisotopic (exact) mass is 351 g/mol. The van der Waals surface area contributed by atoms with Crippen molar-refractivity contribution in [2.75, 3.05) is 11.9 Å². The van der Waals surface area contributed by atoms with Crippen molar-refractivity contribution in [3.63, 3.8) is 0 Å². The van der Waals surface area contributed by atoms with Gasteiger partial charge in [-0.25, -0.2) is 9.78 Å². The number of pyridine rings is 1. The van der Waals surface area contributed by atoms with Crippen molar-refractivity contribution in [3.8, 4) is 0 Å². The Labute approximate surface area is 151 Å². The first-order valence-electron chi connectivity index (χ1n) is 8.67. The summed E-state index contributed by atoms with van der Waals surface area (Å²) in [5, 5.41) is 7.24. The van der Waals surface area contributed by atoms with Gasteiger partial charge in [-0.05, 0) is 31.5 Å². The fraction of sp³-hybridized carbons (Fsp3) is 0.333. The zero-order chi connectivity index (χ0) is 18.1. The van der Waals surface area contributed by atoms with Gasteiger partial charge in [-0.2, -0.15) is 5.10 Å². The number of carbonyl (C=O) groups excluding carboxylic acids is 1. The van der Waals surface area contributed by atoms with E-state index in [1.165, 1.54) is 0 Å². The molecule has 0 bridgehead atoms. The fourth-order valence-corrected chi connectivity index (χ4v) is 3.26. The summed E-state index contributed by atoms with van der Waals surface area (Å²) in [7, 11) is 0. The Morgan fingerprint density at radius 1 is 1.35 bits per heavy atom. The number of rotatable bonds is 3. The number of carbonyl (C=O) groups is 1. The van der Waals surface area contributed by atoms with Gasteiger partial charge in [0, 0.05) is 43.3 Å². The average molecular weight is 351 g/mol. The normalized spacial score (nSPS) is 16.6. The van der Waals surface area contributed by atoms with Crippen LogP contribution in [0.5, 0.6) is 0 Å². The van der Waals surface area contributed by atoms with Gasteiger partial charge < -0.3 is 15.2 Å². The molecule has 2 N–H and O–H groups in total. The molecule has 1 aliphatic heterocycles. The summed E-state index contributed by atoms with van der Waals surface area (Å²) in [6.07, 6.45) is 9.41. The Balaban J connectivity index is 1.62. The Kier molecular flexibility index (Phi) is 4.16. The minimum Gasteiger partial charge on any atom is -0.348 e. The Morgan fingerprint density at radius 3 is 2.88 bits per heavy atom. The van der Waals surface area contributed by atoms with E-state index in [0.29, 0.717) is 12.2 Å². The largest absolute Gasteiger partial charge is 0.348 e. The van der Waals surface area contributed by atoms with Gasteiger partial charge in [0.15, 0.2) is 0 Å². The number of aromatic amines is 1. The molecule has 4 rings (SSSR count). The smallest absolute Gasteiger partial charge is 0.322 e. The molecule has 4 heterocycles. The molecule has 0 aliphatic carbocycles. The standard InChI is InChI=1S/C18H21N7O/c1-12(2)25-10-14(9-22-25)23-18(26)24-8-5-15-16(21-11-20-15)17(24)13-3-6-19-7-4-13/h3-4,6-7,9-12,17H,5,8H2,1-2H3,(H,20,21)(H,23,26). The molecule has 0 spiro atoms. The highest BCUT2D eigenvalue weighted by molar-refractivity contribution is 5.89. The number of aromatic nitrogens is 5. The maximum atomic E-state index is 13.0. The van der Waals surface area contributed by atoms with Crippen LogP contribution in [0.2, 0.25) is 0 Å². The van der Waals surface area contributed by atoms with Gasteiger partial charge in [0.1, 0.15) is 6.04 Å². The number of imidazole rings is 1. The van der Waals surface area contributed by atoms with Crippen LogP contribution in [0.1, 0.15) is 42.9 Å². The second-order valence-electron chi connectivity index (χ2n) is 6.63. The highest BCUT2D eigenvalue weighted by Gasteiger charge is 2.34. The number of hydrogen-bond acceptors (Lipinski definition) is 4. The number of hydrogen-bond donors (Lipinski definition) is 2. The van der Waals surface area contributed by atoms with Crippen molar-refractivity contribution in [1.29, 1.82) is 0 Å². The number of H-pyrrole nitrogens is 1. The highest BCUT2D eigenvalue weighted by Crippen LogP contribution is 2.33. The third-order valence-electron chi connectivity index (χ3n) is 4.59. The van der Waals surface area contributed by atoms with E-state index in [-0.39, 0.29) is 18.1 Å². The van der Waals surface area contributed by atoms with Crippen molar-refractivity contribution in [3.05, 3.63) is 60.2 Å². The molecule has 1 aliphatic rings. The first-order chi connectivity index (χ1) is 12.6. The molecule has 0 radical (unpaired) electrons. The Bertz CT molecular complexity index is 899. The van der Waals surface area contributed by atoms with Gasteiger partial charge in [-0.1, -0.05) is 0 Å². The first-order valence-corrected chi connectivity index (χ1v) is 8.67. The van der Waals surface area contributed by atoms with Gasteiger partial charge in [0.05, 0.1) is 23.9 Å². The van der Waals surface area contributed by atoms with Gasteiger partial charge in [0.25, 0.3) is 0 Å². The van der Waals surface area contributed by atoms with E-state index in [4.69, 9.17) is 0 Å². The fourth-order valence-electron chi connectivity index (χ4n) is 3.26. The van der Waals surface area contributed by atoms with E-state index in [1.807, 2.05) is 41.8 Å². The van der Waals surface area contributed by atoms with Crippen LogP contribution in [-0.2, 0) is 6.42 Å². The second-order valence-corrected chi connectivity index (χ2v) is 6.63. The van der Waals surface area contributed by atoms with Crippen LogP contribution in [0.15, 0.2) is 43.2 Å². The molecule has 1 unspecified atom stereocenters. The lowest BCUT2D eigenvalue weighted by Crippen LogP contribution is -2.43. The van der Waals surface area contributed by atoms with Gasteiger partial charge in [0.2, 0.25) is 0 Å². The lowest BCUT2D eigenvalue weighted by atomic mass is 9.97. The first kappa shape index (κ1) is 16.3. The summed E-state index contributed by atoms with van der Waals surface area (Å²) in [5.41, 5.74) is 3.63. The lowest BCUT2D eigenvalue weighted by Gasteiger charge is -2.35. The number of anilines is 1. The van der Waals surface area contributed by atoms with E-state index in [9.17, 15) is 4.79 Å². The summed E-state index contributed by atoms with van der Waals surface area (Å²) in [4.78, 5) is 26.5. The molecular weight excluding hydrogens is 330 g/mol. The van der Waals surface area contributed by atoms with E-state index in [1.54, 1.807) is 24.9 Å². The molecule has 8 heteroatoms. The summed E-state index contributed by atoms with van der Waals surface area (Å²) >= 11 is 0. The summed E-state index contributed by atoms with van der Waals surface area (Å²) in [6.45, 7) is 4.69. The van der Waals surface area contributed by atoms with Gasteiger partial charge in [-0.3, -0.25) is 9.67 Å². The summed E-state index contributed by atoms with van der Waals surface area (Å²) < 4.78 is 1.82. The molecule has 3 aromatic heterocycles. The van der Waals surface area contributed by atoms with Crippen molar-refractivity contribution in [1.82, 2.24) is 29.6 Å². The van der Waals surface area contributed by atoms with E-state index in [0.717, 1.165) is 23.4 Å². The zero-order valence-corrected chi connectivity index (χ0v) is 14.8. The van der Waals surface area contributed by atoms with Crippen LogP contribution < -0.4 is 5.32 Å². The second kappa shape index (κ2) is 6.62. The Morgan fingerprint density at radius 2 is 2.15 bits per heavy atom. The summed E-state index contributed by atoms with van der Waals surface area (Å²) in [6, 6.07) is 3.68. The van der Waals surface area contributed by atoms with Crippen molar-refractivity contribution < 1.29 is 4.79 Å². The molecule has 0 fully saturated rings. The number of urea groups is 1. The average Bonchev–Trinajstić information content (AvgIpc) is 3.30. The molecule has 3 aromatic rings. The lowest BCUT2D eigenvalue weighted by molar-refractivity contribution is 0.192. The van der Waals surface area contributed by atoms with Crippen molar-refractivity contribution in [2.24, 2.45) is 0 Å². The molecule has 0 aromatic carbocycles. The quantitative estimate of drug-likeness (QED) is 0.759. The molecule has 0 saturated carbocycles. The molecule has 26 heavy (non-hydrogen) atoms. The van der Waals surface area contributed by atoms with Crippen LogP contribution in [-0.4, -0.2) is 42.2 Å². The number of fused-ring (bicyclic) bond motifs is 1. The zero-order valence-electron chi connectivity index (χ0n) is 14.8. The predicted molar refractivity (Wildman–Crippen MR) is 96.7 cm³/mol. The summed E-state index contributed by atoms with van der Waals surface area (Å²) in [5.74, 6) is 0. The SMILES string of the molecule is CC(C)n1cc(NC(=O)N2CCc3[nH]cnc3C2c2ccncc2)cn1. The highest BCUT2D eigenvalue weighted by atomic mass is 16.2. The third kappa shape index (κ3) is 2.94. The molecular formula is C18H21N7O. The molecule has 134 valence electrons. The number of amides is 2. The van der Waals surface area contributed by atoms with Gasteiger partial charge in [-0.15, -0.1) is 0 Å². The minimum absolute atomic E-state index is 0.163. The number of nitrogens with one attached hydrogen (secondary N) is 2. The van der Waals surface area contributed by atoms with Crippen LogP contribution in [0, 0.1) is 0 Å². The molecule has 8 nitrogen and oxygen atoms in total. The van der Waals surface area contributed by atoms with Crippen LogP contribution in [0.3, 0.4) is 0 Å². The van der Waals surface area contributed by atoms with Crippen molar-refractivity contribution >= 4 is 11.7 Å². The van der Waals surface area contributed by atoms with Crippen LogP contribution >= 0.6 is 0 Å². The number of nitrogens with zero attached hydrogens (tertiary/aromatic N) is 5. The topological polar surface area (TPSA) is 91.7 Å². The third-order valence-corrected chi connectivity index (χ3v) is 4.59. The van der Waals surface area contributed by atoms with Crippen molar-refractivity contribution in [2.45, 2.75) is 32.4 Å². The van der Waals surface area contributed by atoms with Crippen LogP contribution in [0.4, 0.5) is 10.5 Å². The molecule has 2 amide bonds. The minimum atomic E-state index is -0.242. The molecule has 0 saturated heterocycles. The maximum absolute atomic E-state index is 13.0. The molecule has 1 atom stereocenters. The van der Waals surface area contributed by atoms with E-state index in [2.05, 4.69) is 25.4 Å². The van der Waals surface area contributed by atoms with Crippen LogP contribution in [0.25, 0.3) is 0 Å². The predicted octanol–water partition coefficient (Wildman–Crippen LogP) is 2.76. The van der Waals surface area contributed by atoms with E-state index < -0.39 is 0 Å². The Hall–Kier alpha value is -3.16.